The molecular formula is C19H21F4N3. The van der Waals surface area contributed by atoms with Crippen LogP contribution in [0.5, 0.6) is 0 Å². The van der Waals surface area contributed by atoms with E-state index in [4.69, 9.17) is 5.73 Å². The number of rotatable bonds is 5. The highest BCUT2D eigenvalue weighted by atomic mass is 19.3. The van der Waals surface area contributed by atoms with Gasteiger partial charge in [0.15, 0.2) is 5.96 Å². The maximum absolute atomic E-state index is 13.8. The normalized spacial score (nSPS) is 13.6. The molecule has 0 saturated carbocycles. The molecule has 2 aromatic rings. The Morgan fingerprint density at radius 1 is 1.19 bits per heavy atom. The van der Waals surface area contributed by atoms with Crippen LogP contribution in [-0.4, -0.2) is 17.9 Å². The van der Waals surface area contributed by atoms with E-state index in [0.29, 0.717) is 12.5 Å². The van der Waals surface area contributed by atoms with Gasteiger partial charge in [-0.3, -0.25) is 0 Å². The molecule has 140 valence electrons. The van der Waals surface area contributed by atoms with Crippen molar-refractivity contribution in [2.75, 3.05) is 7.05 Å². The fourth-order valence-corrected chi connectivity index (χ4v) is 2.49. The number of hydrogen-bond acceptors (Lipinski definition) is 1. The van der Waals surface area contributed by atoms with Crippen LogP contribution >= 0.6 is 0 Å². The second kappa shape index (κ2) is 7.76. The van der Waals surface area contributed by atoms with Crippen molar-refractivity contribution in [3.05, 3.63) is 70.8 Å². The molecule has 0 radical (unpaired) electrons. The number of guanidine groups is 1. The van der Waals surface area contributed by atoms with Gasteiger partial charge < -0.3 is 10.6 Å². The van der Waals surface area contributed by atoms with Gasteiger partial charge in [-0.05, 0) is 42.3 Å². The molecule has 1 unspecified atom stereocenters. The minimum Gasteiger partial charge on any atom is -0.370 e. The highest BCUT2D eigenvalue weighted by molar-refractivity contribution is 5.78. The number of hydrogen-bond donors (Lipinski definition) is 1. The second-order valence-corrected chi connectivity index (χ2v) is 6.22. The minimum absolute atomic E-state index is 0.0402. The SMILES string of the molecule is CC(c1cccc(F)c1)N(C)C(N)=NCc1ccc(C(C)(F)F)c(F)c1. The van der Waals surface area contributed by atoms with Crippen molar-refractivity contribution in [2.24, 2.45) is 10.7 Å². The predicted octanol–water partition coefficient (Wildman–Crippen LogP) is 4.58. The highest BCUT2D eigenvalue weighted by Crippen LogP contribution is 2.29. The van der Waals surface area contributed by atoms with Crippen molar-refractivity contribution in [1.29, 1.82) is 0 Å². The third-order valence-corrected chi connectivity index (χ3v) is 4.20. The summed E-state index contributed by atoms with van der Waals surface area (Å²) in [6.07, 6.45) is 0. The number of nitrogens with two attached hydrogens (primary N) is 1. The van der Waals surface area contributed by atoms with E-state index < -0.39 is 17.3 Å². The van der Waals surface area contributed by atoms with E-state index in [0.717, 1.165) is 17.7 Å². The zero-order valence-electron chi connectivity index (χ0n) is 14.8. The summed E-state index contributed by atoms with van der Waals surface area (Å²) in [5, 5.41) is 0. The average molecular weight is 367 g/mol. The molecule has 7 heteroatoms. The van der Waals surface area contributed by atoms with Crippen molar-refractivity contribution in [3.63, 3.8) is 0 Å². The molecule has 0 bridgehead atoms. The summed E-state index contributed by atoms with van der Waals surface area (Å²) in [5.41, 5.74) is 6.44. The number of nitrogens with zero attached hydrogens (tertiary/aromatic N) is 2. The van der Waals surface area contributed by atoms with Gasteiger partial charge in [0.05, 0.1) is 18.2 Å². The molecule has 2 aromatic carbocycles. The quantitative estimate of drug-likeness (QED) is 0.477. The van der Waals surface area contributed by atoms with E-state index in [1.165, 1.54) is 18.2 Å². The van der Waals surface area contributed by atoms with Crippen LogP contribution in [-0.2, 0) is 12.5 Å². The summed E-state index contributed by atoms with van der Waals surface area (Å²) >= 11 is 0. The number of alkyl halides is 2. The van der Waals surface area contributed by atoms with Crippen molar-refractivity contribution in [1.82, 2.24) is 4.90 Å². The molecule has 1 atom stereocenters. The lowest BCUT2D eigenvalue weighted by Gasteiger charge is -2.26. The lowest BCUT2D eigenvalue weighted by molar-refractivity contribution is 0.0137. The third kappa shape index (κ3) is 4.74. The first-order valence-corrected chi connectivity index (χ1v) is 8.04. The van der Waals surface area contributed by atoms with E-state index in [2.05, 4.69) is 4.99 Å². The number of halogens is 4. The van der Waals surface area contributed by atoms with Gasteiger partial charge in [0.2, 0.25) is 0 Å². The van der Waals surface area contributed by atoms with Crippen LogP contribution in [0, 0.1) is 11.6 Å². The number of aliphatic imine (C=N–C) groups is 1. The Bertz CT molecular complexity index is 800. The molecule has 0 saturated heterocycles. The molecule has 0 fully saturated rings. The second-order valence-electron chi connectivity index (χ2n) is 6.22. The molecule has 0 heterocycles. The Kier molecular flexibility index (Phi) is 5.90. The number of benzene rings is 2. The fourth-order valence-electron chi connectivity index (χ4n) is 2.49. The van der Waals surface area contributed by atoms with E-state index >= 15 is 0 Å². The van der Waals surface area contributed by atoms with Gasteiger partial charge in [-0.15, -0.1) is 0 Å². The van der Waals surface area contributed by atoms with Crippen molar-refractivity contribution >= 4 is 5.96 Å². The summed E-state index contributed by atoms with van der Waals surface area (Å²) in [6.45, 7) is 2.53. The topological polar surface area (TPSA) is 41.6 Å². The first kappa shape index (κ1) is 19.8. The molecule has 0 spiro atoms. The summed E-state index contributed by atoms with van der Waals surface area (Å²) in [7, 11) is 1.70. The van der Waals surface area contributed by atoms with Crippen LogP contribution in [0.15, 0.2) is 47.5 Å². The average Bonchev–Trinajstić information content (AvgIpc) is 2.57. The predicted molar refractivity (Wildman–Crippen MR) is 93.9 cm³/mol. The molecule has 0 amide bonds. The summed E-state index contributed by atoms with van der Waals surface area (Å²) < 4.78 is 53.6. The van der Waals surface area contributed by atoms with Crippen LogP contribution in [0.2, 0.25) is 0 Å². The van der Waals surface area contributed by atoms with Gasteiger partial charge in [-0.2, -0.15) is 0 Å². The summed E-state index contributed by atoms with van der Waals surface area (Å²) in [5.74, 6) is -4.40. The highest BCUT2D eigenvalue weighted by Gasteiger charge is 2.28. The Morgan fingerprint density at radius 3 is 2.46 bits per heavy atom. The molecule has 0 aliphatic carbocycles. The Morgan fingerprint density at radius 2 is 1.88 bits per heavy atom. The zero-order valence-corrected chi connectivity index (χ0v) is 14.8. The van der Waals surface area contributed by atoms with Crippen molar-refractivity contribution < 1.29 is 17.6 Å². The van der Waals surface area contributed by atoms with Crippen molar-refractivity contribution in [3.8, 4) is 0 Å². The summed E-state index contributed by atoms with van der Waals surface area (Å²) in [4.78, 5) is 5.82. The van der Waals surface area contributed by atoms with E-state index in [1.807, 2.05) is 6.92 Å². The van der Waals surface area contributed by atoms with Gasteiger partial charge in [-0.25, -0.2) is 22.6 Å². The van der Waals surface area contributed by atoms with Crippen molar-refractivity contribution in [2.45, 2.75) is 32.4 Å². The maximum Gasteiger partial charge on any atom is 0.273 e. The molecule has 0 aliphatic heterocycles. The van der Waals surface area contributed by atoms with Gasteiger partial charge in [0.1, 0.15) is 11.6 Å². The molecule has 0 aliphatic rings. The maximum atomic E-state index is 13.8. The molecule has 0 aromatic heterocycles. The fraction of sp³-hybridized carbons (Fsp3) is 0.316. The summed E-state index contributed by atoms with van der Waals surface area (Å²) in [6, 6.07) is 9.39. The van der Waals surface area contributed by atoms with Crippen LogP contribution < -0.4 is 5.73 Å². The monoisotopic (exact) mass is 367 g/mol. The minimum atomic E-state index is -3.24. The largest absolute Gasteiger partial charge is 0.370 e. The van der Waals surface area contributed by atoms with Crippen LogP contribution in [0.1, 0.15) is 36.6 Å². The molecule has 2 N–H and O–H groups in total. The molecule has 26 heavy (non-hydrogen) atoms. The zero-order chi connectivity index (χ0) is 19.5. The third-order valence-electron chi connectivity index (χ3n) is 4.20. The first-order valence-electron chi connectivity index (χ1n) is 8.04. The van der Waals surface area contributed by atoms with Crippen LogP contribution in [0.25, 0.3) is 0 Å². The Balaban J connectivity index is 2.11. The smallest absolute Gasteiger partial charge is 0.273 e. The first-order chi connectivity index (χ1) is 12.1. The van der Waals surface area contributed by atoms with E-state index in [1.54, 1.807) is 24.1 Å². The van der Waals surface area contributed by atoms with Gasteiger partial charge in [-0.1, -0.05) is 18.2 Å². The lowest BCUT2D eigenvalue weighted by atomic mass is 10.1. The molecule has 3 nitrogen and oxygen atoms in total. The Hall–Kier alpha value is -2.57. The van der Waals surface area contributed by atoms with Gasteiger partial charge in [0, 0.05) is 14.0 Å². The lowest BCUT2D eigenvalue weighted by Crippen LogP contribution is -2.36. The standard InChI is InChI=1S/C19H21F4N3/c1-12(14-5-4-6-15(20)10-14)26(3)18(24)25-11-13-7-8-16(17(21)9-13)19(2,22)23/h4-10,12H,11H2,1-3H3,(H2,24,25). The van der Waals surface area contributed by atoms with Crippen LogP contribution in [0.3, 0.4) is 0 Å². The van der Waals surface area contributed by atoms with E-state index in [-0.39, 0.29) is 24.4 Å². The van der Waals surface area contributed by atoms with Gasteiger partial charge in [0.25, 0.3) is 5.92 Å². The van der Waals surface area contributed by atoms with Crippen LogP contribution in [0.4, 0.5) is 17.6 Å². The molecular weight excluding hydrogens is 346 g/mol. The van der Waals surface area contributed by atoms with E-state index in [9.17, 15) is 17.6 Å². The molecule has 2 rings (SSSR count). The Labute approximate surface area is 150 Å². The van der Waals surface area contributed by atoms with Gasteiger partial charge >= 0.3 is 0 Å².